The van der Waals surface area contributed by atoms with Crippen molar-refractivity contribution < 1.29 is 62.2 Å². The average Bonchev–Trinajstić information content (AvgIpc) is 3.69. The van der Waals surface area contributed by atoms with E-state index in [4.69, 9.17) is 0 Å². The Kier molecular flexibility index (Phi) is 19.9. The van der Waals surface area contributed by atoms with Crippen LogP contribution in [-0.2, 0) is 57.4 Å². The maximum Gasteiger partial charge on any atom is 0.325 e. The first-order valence-corrected chi connectivity index (χ1v) is 18.7. The summed E-state index contributed by atoms with van der Waals surface area (Å²) in [6, 6.07) is -0.524. The molecular weight excluding hydrogens is 732 g/mol. The number of esters is 2. The summed E-state index contributed by atoms with van der Waals surface area (Å²) in [6.45, 7) is -0.854. The van der Waals surface area contributed by atoms with E-state index < -0.39 is 73.1 Å². The van der Waals surface area contributed by atoms with Gasteiger partial charge in [-0.25, -0.2) is 4.79 Å². The summed E-state index contributed by atoms with van der Waals surface area (Å²) in [7, 11) is 2.21. The zero-order valence-electron chi connectivity index (χ0n) is 30.9. The van der Waals surface area contributed by atoms with E-state index in [9.17, 15) is 52.7 Å². The molecular formula is C34H50N6O13S. The maximum absolute atomic E-state index is 12.9. The molecule has 6 amide bonds. The van der Waals surface area contributed by atoms with Crippen LogP contribution in [0, 0.1) is 0 Å². The molecule has 0 saturated carbocycles. The van der Waals surface area contributed by atoms with Gasteiger partial charge in [0.05, 0.1) is 52.5 Å². The summed E-state index contributed by atoms with van der Waals surface area (Å²) in [6.07, 6.45) is -0.516. The Morgan fingerprint density at radius 2 is 1.17 bits per heavy atom. The van der Waals surface area contributed by atoms with Crippen LogP contribution in [0.15, 0.2) is 0 Å². The first-order chi connectivity index (χ1) is 25.6. The van der Waals surface area contributed by atoms with E-state index in [0.717, 1.165) is 24.0 Å². The molecule has 20 heteroatoms. The van der Waals surface area contributed by atoms with E-state index in [0.29, 0.717) is 12.2 Å². The first kappa shape index (κ1) is 45.3. The molecule has 0 aromatic carbocycles. The molecule has 0 bridgehead atoms. The number of nitrogens with one attached hydrogen (secondary N) is 4. The average molecular weight is 783 g/mol. The smallest absolute Gasteiger partial charge is 0.325 e. The highest BCUT2D eigenvalue weighted by Crippen LogP contribution is 2.31. The predicted molar refractivity (Wildman–Crippen MR) is 191 cm³/mol. The van der Waals surface area contributed by atoms with Gasteiger partial charge in [0.25, 0.3) is 0 Å². The van der Waals surface area contributed by atoms with Gasteiger partial charge < -0.3 is 40.5 Å². The number of urea groups is 1. The van der Waals surface area contributed by atoms with Gasteiger partial charge in [0.1, 0.15) is 13.1 Å². The van der Waals surface area contributed by atoms with Crippen molar-refractivity contribution in [1.29, 1.82) is 0 Å². The van der Waals surface area contributed by atoms with Crippen molar-refractivity contribution in [2.75, 3.05) is 59.2 Å². The standard InChI is InChI=1S/C34H50N6O13S/c1-4-6-27(45)35-14-21(41)9-11-29(47)39(18-31(49)52-2)16-23(43)7-5-8-24(44)17-40(19-32(50)53-3)30(48)12-10-22(42)15-36-28(46)13-26-33-25(20-54-26)37-34(51)38-33/h25-26,33H,4-20H2,1-3H3,(H,35,45)(H,36,46)(H2,37,38,51)/t25-,26-,33-/m0/s1. The van der Waals surface area contributed by atoms with Gasteiger partial charge in [0.15, 0.2) is 23.1 Å². The molecule has 0 aromatic heterocycles. The molecule has 3 atom stereocenters. The normalized spacial score (nSPS) is 16.9. The molecule has 2 aliphatic heterocycles. The molecule has 300 valence electrons. The summed E-state index contributed by atoms with van der Waals surface area (Å²) in [5.41, 5.74) is 0. The minimum absolute atomic E-state index is 0.0238. The molecule has 2 aliphatic rings. The Labute approximate surface area is 317 Å². The lowest BCUT2D eigenvalue weighted by atomic mass is 10.1. The SMILES string of the molecule is CCCC(=O)NCC(=O)CCC(=O)N(CC(=O)CCCC(=O)CN(CC(=O)OC)C(=O)CCC(=O)CNC(=O)C[C@@H]1SC[C@@H]2NC(=O)N[C@@H]21)CC(=O)OC. The Hall–Kier alpha value is -4.88. The van der Waals surface area contributed by atoms with Crippen molar-refractivity contribution in [2.45, 2.75) is 88.5 Å². The molecule has 0 spiro atoms. The number of amides is 6. The van der Waals surface area contributed by atoms with E-state index in [1.807, 2.05) is 6.92 Å². The van der Waals surface area contributed by atoms with Gasteiger partial charge >= 0.3 is 18.0 Å². The number of methoxy groups -OCH3 is 2. The molecule has 0 radical (unpaired) electrons. The molecule has 2 saturated heterocycles. The number of rotatable bonds is 26. The molecule has 0 unspecified atom stereocenters. The Morgan fingerprint density at radius 1 is 0.667 bits per heavy atom. The Morgan fingerprint density at radius 3 is 1.65 bits per heavy atom. The van der Waals surface area contributed by atoms with Crippen LogP contribution >= 0.6 is 11.8 Å². The molecule has 0 aliphatic carbocycles. The van der Waals surface area contributed by atoms with Crippen LogP contribution in [-0.4, -0.2) is 151 Å². The van der Waals surface area contributed by atoms with Crippen molar-refractivity contribution in [3.8, 4) is 0 Å². The van der Waals surface area contributed by atoms with Gasteiger partial charge in [0, 0.05) is 62.4 Å². The summed E-state index contributed by atoms with van der Waals surface area (Å²) in [5.74, 6) is -4.77. The van der Waals surface area contributed by atoms with Crippen molar-refractivity contribution in [3.63, 3.8) is 0 Å². The molecule has 2 rings (SSSR count). The number of carbonyl (C=O) groups excluding carboxylic acids is 11. The Balaban J connectivity index is 1.79. The number of thioether (sulfide) groups is 1. The van der Waals surface area contributed by atoms with E-state index >= 15 is 0 Å². The topological polar surface area (TPSA) is 261 Å². The van der Waals surface area contributed by atoms with Crippen molar-refractivity contribution >= 4 is 76.5 Å². The van der Waals surface area contributed by atoms with Gasteiger partial charge in [-0.3, -0.25) is 47.9 Å². The van der Waals surface area contributed by atoms with Crippen LogP contribution in [0.5, 0.6) is 0 Å². The minimum Gasteiger partial charge on any atom is -0.468 e. The first-order valence-electron chi connectivity index (χ1n) is 17.6. The van der Waals surface area contributed by atoms with Crippen LogP contribution in [0.1, 0.15) is 71.1 Å². The third-order valence-electron chi connectivity index (χ3n) is 8.45. The fourth-order valence-corrected chi connectivity index (χ4v) is 6.97. The van der Waals surface area contributed by atoms with Crippen molar-refractivity contribution in [2.24, 2.45) is 0 Å². The van der Waals surface area contributed by atoms with Crippen molar-refractivity contribution in [3.05, 3.63) is 0 Å². The van der Waals surface area contributed by atoms with E-state index in [-0.39, 0.29) is 106 Å². The Bertz CT molecular complexity index is 1440. The predicted octanol–water partition coefficient (Wildman–Crippen LogP) is -1.42. The number of carbonyl (C=O) groups is 11. The third-order valence-corrected chi connectivity index (χ3v) is 9.89. The van der Waals surface area contributed by atoms with Crippen LogP contribution < -0.4 is 21.3 Å². The largest absolute Gasteiger partial charge is 0.468 e. The molecule has 4 N–H and O–H groups in total. The van der Waals surface area contributed by atoms with Gasteiger partial charge in [-0.2, -0.15) is 11.8 Å². The maximum atomic E-state index is 12.9. The summed E-state index contributed by atoms with van der Waals surface area (Å²) < 4.78 is 9.22. The quantitative estimate of drug-likeness (QED) is 0.0581. The van der Waals surface area contributed by atoms with Gasteiger partial charge in [-0.1, -0.05) is 6.92 Å². The molecule has 2 fully saturated rings. The summed E-state index contributed by atoms with van der Waals surface area (Å²) in [5, 5.41) is 10.4. The molecule has 2 heterocycles. The van der Waals surface area contributed by atoms with Crippen LogP contribution in [0.2, 0.25) is 0 Å². The van der Waals surface area contributed by atoms with Gasteiger partial charge in [0.2, 0.25) is 23.6 Å². The zero-order chi connectivity index (χ0) is 40.2. The fraction of sp³-hybridized carbons (Fsp3) is 0.676. The third kappa shape index (κ3) is 16.9. The van der Waals surface area contributed by atoms with Crippen LogP contribution in [0.25, 0.3) is 0 Å². The second-order valence-electron chi connectivity index (χ2n) is 12.8. The van der Waals surface area contributed by atoms with E-state index in [2.05, 4.69) is 30.7 Å². The number of ether oxygens (including phenoxy) is 2. The second kappa shape index (κ2) is 23.7. The van der Waals surface area contributed by atoms with E-state index in [1.54, 1.807) is 11.8 Å². The molecule has 0 aromatic rings. The highest BCUT2D eigenvalue weighted by molar-refractivity contribution is 8.00. The van der Waals surface area contributed by atoms with Crippen LogP contribution in [0.3, 0.4) is 0 Å². The summed E-state index contributed by atoms with van der Waals surface area (Å²) >= 11 is 1.54. The highest BCUT2D eigenvalue weighted by Gasteiger charge is 2.43. The number of Topliss-reactive ketones (excluding diaryl/α,β-unsaturated/α-hetero) is 4. The minimum atomic E-state index is -0.802. The van der Waals surface area contributed by atoms with Gasteiger partial charge in [-0.05, 0) is 12.8 Å². The van der Waals surface area contributed by atoms with E-state index in [1.165, 1.54) is 0 Å². The number of hydrogen-bond acceptors (Lipinski definition) is 14. The highest BCUT2D eigenvalue weighted by atomic mass is 32.2. The van der Waals surface area contributed by atoms with Crippen LogP contribution in [0.4, 0.5) is 4.79 Å². The number of fused-ring (bicyclic) bond motifs is 1. The zero-order valence-corrected chi connectivity index (χ0v) is 31.7. The summed E-state index contributed by atoms with van der Waals surface area (Å²) in [4.78, 5) is 137. The fourth-order valence-electron chi connectivity index (χ4n) is 5.49. The molecule has 19 nitrogen and oxygen atoms in total. The lowest BCUT2D eigenvalue weighted by molar-refractivity contribution is -0.148. The number of ketones is 4. The lowest BCUT2D eigenvalue weighted by Gasteiger charge is -2.21. The second-order valence-corrected chi connectivity index (χ2v) is 14.1. The monoisotopic (exact) mass is 782 g/mol. The lowest BCUT2D eigenvalue weighted by Crippen LogP contribution is -2.41. The molecule has 54 heavy (non-hydrogen) atoms. The number of hydrogen-bond donors (Lipinski definition) is 4. The van der Waals surface area contributed by atoms with Gasteiger partial charge in [-0.15, -0.1) is 0 Å². The number of nitrogens with zero attached hydrogens (tertiary/aromatic N) is 2. The van der Waals surface area contributed by atoms with Crippen molar-refractivity contribution in [1.82, 2.24) is 31.1 Å².